The minimum absolute atomic E-state index is 0.153. The van der Waals surface area contributed by atoms with Gasteiger partial charge in [-0.1, -0.05) is 78.3 Å². The number of carbonyl (C=O) groups is 3. The van der Waals surface area contributed by atoms with E-state index in [1.165, 1.54) is 18.2 Å². The molecule has 6 heteroatoms. The molecular weight excluding hydrogens is 462 g/mol. The van der Waals surface area contributed by atoms with Crippen molar-refractivity contribution in [3.8, 4) is 0 Å². The van der Waals surface area contributed by atoms with E-state index in [1.54, 1.807) is 25.1 Å². The van der Waals surface area contributed by atoms with Crippen LogP contribution in [0.25, 0.3) is 0 Å². The van der Waals surface area contributed by atoms with Crippen LogP contribution in [0.5, 0.6) is 0 Å². The highest BCUT2D eigenvalue weighted by Crippen LogP contribution is 2.34. The normalized spacial score (nSPS) is 12.7. The minimum atomic E-state index is -0.624. The third kappa shape index (κ3) is 4.11. The molecule has 0 aliphatic carbocycles. The summed E-state index contributed by atoms with van der Waals surface area (Å²) in [5.74, 6) is -1.56. The lowest BCUT2D eigenvalue weighted by atomic mass is 10.0. The molecule has 0 fully saturated rings. The molecule has 0 atom stereocenters. The summed E-state index contributed by atoms with van der Waals surface area (Å²) in [6, 6.07) is 28.3. The second-order valence-corrected chi connectivity index (χ2v) is 8.60. The number of hydrogen-bond donors (Lipinski definition) is 0. The van der Waals surface area contributed by atoms with Gasteiger partial charge in [0, 0.05) is 5.02 Å². The molecule has 1 aliphatic rings. The van der Waals surface area contributed by atoms with Gasteiger partial charge in [0.25, 0.3) is 11.8 Å². The van der Waals surface area contributed by atoms with Gasteiger partial charge in [0.15, 0.2) is 6.10 Å². The monoisotopic (exact) mass is 481 g/mol. The number of imide groups is 1. The van der Waals surface area contributed by atoms with E-state index in [0.717, 1.165) is 16.0 Å². The van der Waals surface area contributed by atoms with Crippen LogP contribution in [0.15, 0.2) is 97.1 Å². The number of ether oxygens (including phenoxy) is 1. The third-order valence-corrected chi connectivity index (χ3v) is 6.44. The number of amides is 2. The van der Waals surface area contributed by atoms with E-state index in [-0.39, 0.29) is 16.7 Å². The highest BCUT2D eigenvalue weighted by molar-refractivity contribution is 6.36. The van der Waals surface area contributed by atoms with Gasteiger partial charge in [-0.05, 0) is 53.9 Å². The van der Waals surface area contributed by atoms with Crippen molar-refractivity contribution in [3.05, 3.63) is 135 Å². The van der Waals surface area contributed by atoms with E-state index in [9.17, 15) is 14.4 Å². The zero-order chi connectivity index (χ0) is 24.5. The number of esters is 1. The molecule has 0 bridgehead atoms. The van der Waals surface area contributed by atoms with E-state index < -0.39 is 23.9 Å². The van der Waals surface area contributed by atoms with Crippen LogP contribution in [0.1, 0.15) is 53.9 Å². The van der Waals surface area contributed by atoms with E-state index in [1.807, 2.05) is 60.7 Å². The molecule has 172 valence electrons. The first-order valence-electron chi connectivity index (χ1n) is 11.0. The van der Waals surface area contributed by atoms with Crippen LogP contribution in [0.4, 0.5) is 5.69 Å². The zero-order valence-electron chi connectivity index (χ0n) is 18.8. The maximum atomic E-state index is 13.2. The number of halogens is 1. The van der Waals surface area contributed by atoms with Crippen LogP contribution in [-0.2, 0) is 4.74 Å². The molecule has 0 aromatic heterocycles. The Labute approximate surface area is 207 Å². The number of anilines is 1. The molecular formula is C29H20ClNO4. The van der Waals surface area contributed by atoms with Crippen molar-refractivity contribution < 1.29 is 19.1 Å². The summed E-state index contributed by atoms with van der Waals surface area (Å²) in [6.07, 6.45) is -0.624. The molecule has 4 aromatic rings. The van der Waals surface area contributed by atoms with Crippen LogP contribution < -0.4 is 4.90 Å². The predicted molar refractivity (Wildman–Crippen MR) is 134 cm³/mol. The smallest absolute Gasteiger partial charge is 0.339 e. The molecule has 2 amide bonds. The molecule has 1 heterocycles. The zero-order valence-corrected chi connectivity index (χ0v) is 19.5. The summed E-state index contributed by atoms with van der Waals surface area (Å²) in [5.41, 5.74) is 3.25. The van der Waals surface area contributed by atoms with Crippen LogP contribution in [0.2, 0.25) is 5.02 Å². The van der Waals surface area contributed by atoms with Gasteiger partial charge in [0.1, 0.15) is 0 Å². The quantitative estimate of drug-likeness (QED) is 0.244. The summed E-state index contributed by atoms with van der Waals surface area (Å²) in [7, 11) is 0. The van der Waals surface area contributed by atoms with Gasteiger partial charge in [-0.3, -0.25) is 9.59 Å². The SMILES string of the molecule is Cc1c(Cl)cccc1N1C(=O)c2ccc(C(=O)OC(c3ccccc3)c3ccccc3)cc2C1=O. The molecule has 0 radical (unpaired) electrons. The summed E-state index contributed by atoms with van der Waals surface area (Å²) in [6.45, 7) is 1.75. The lowest BCUT2D eigenvalue weighted by Crippen LogP contribution is -2.30. The molecule has 0 saturated heterocycles. The van der Waals surface area contributed by atoms with Crippen molar-refractivity contribution in [1.82, 2.24) is 0 Å². The third-order valence-electron chi connectivity index (χ3n) is 6.03. The maximum absolute atomic E-state index is 13.2. The van der Waals surface area contributed by atoms with Crippen LogP contribution in [0, 0.1) is 6.92 Å². The lowest BCUT2D eigenvalue weighted by molar-refractivity contribution is 0.0378. The van der Waals surface area contributed by atoms with Crippen molar-refractivity contribution in [2.24, 2.45) is 0 Å². The van der Waals surface area contributed by atoms with Crippen LogP contribution in [0.3, 0.4) is 0 Å². The number of nitrogens with zero attached hydrogens (tertiary/aromatic N) is 1. The number of rotatable bonds is 5. The molecule has 5 rings (SSSR count). The number of hydrogen-bond acceptors (Lipinski definition) is 4. The van der Waals surface area contributed by atoms with Crippen molar-refractivity contribution in [2.75, 3.05) is 4.90 Å². The fraction of sp³-hybridized carbons (Fsp3) is 0.0690. The summed E-state index contributed by atoms with van der Waals surface area (Å²) in [4.78, 5) is 40.6. The Morgan fingerprint density at radius 3 is 2.00 bits per heavy atom. The summed E-state index contributed by atoms with van der Waals surface area (Å²) < 4.78 is 5.91. The second-order valence-electron chi connectivity index (χ2n) is 8.20. The standard InChI is InChI=1S/C29H20ClNO4/c1-18-24(30)13-8-14-25(18)31-27(32)22-16-15-21(17-23(22)28(31)33)29(34)35-26(19-9-4-2-5-10-19)20-11-6-3-7-12-20/h2-17,26H,1H3. The highest BCUT2D eigenvalue weighted by Gasteiger charge is 2.38. The maximum Gasteiger partial charge on any atom is 0.339 e. The Hall–Kier alpha value is -4.22. The Bertz CT molecular complexity index is 1410. The van der Waals surface area contributed by atoms with E-state index in [0.29, 0.717) is 16.3 Å². The van der Waals surface area contributed by atoms with Gasteiger partial charge in [-0.15, -0.1) is 0 Å². The molecule has 4 aromatic carbocycles. The molecule has 0 saturated carbocycles. The Morgan fingerprint density at radius 1 is 0.771 bits per heavy atom. The fourth-order valence-corrected chi connectivity index (χ4v) is 4.35. The highest BCUT2D eigenvalue weighted by atomic mass is 35.5. The van der Waals surface area contributed by atoms with E-state index in [4.69, 9.17) is 16.3 Å². The summed E-state index contributed by atoms with van der Waals surface area (Å²) in [5, 5.41) is 0.455. The first-order valence-corrected chi connectivity index (χ1v) is 11.4. The second kappa shape index (κ2) is 9.20. The largest absolute Gasteiger partial charge is 0.449 e. The Kier molecular flexibility index (Phi) is 5.93. The van der Waals surface area contributed by atoms with Crippen molar-refractivity contribution in [2.45, 2.75) is 13.0 Å². The number of fused-ring (bicyclic) bond motifs is 1. The number of carbonyl (C=O) groups excluding carboxylic acids is 3. The van der Waals surface area contributed by atoms with Crippen LogP contribution >= 0.6 is 11.6 Å². The average Bonchev–Trinajstić information content (AvgIpc) is 3.14. The first kappa shape index (κ1) is 22.6. The lowest BCUT2D eigenvalue weighted by Gasteiger charge is -2.19. The van der Waals surface area contributed by atoms with Crippen molar-refractivity contribution in [1.29, 1.82) is 0 Å². The molecule has 0 N–H and O–H groups in total. The van der Waals surface area contributed by atoms with Crippen LogP contribution in [-0.4, -0.2) is 17.8 Å². The van der Waals surface area contributed by atoms with E-state index >= 15 is 0 Å². The van der Waals surface area contributed by atoms with Gasteiger partial charge >= 0.3 is 5.97 Å². The Balaban J connectivity index is 1.47. The van der Waals surface area contributed by atoms with Crippen molar-refractivity contribution >= 4 is 35.1 Å². The van der Waals surface area contributed by atoms with Gasteiger partial charge in [0.2, 0.25) is 0 Å². The van der Waals surface area contributed by atoms with Gasteiger partial charge in [-0.2, -0.15) is 0 Å². The molecule has 5 nitrogen and oxygen atoms in total. The first-order chi connectivity index (χ1) is 17.0. The molecule has 0 unspecified atom stereocenters. The van der Waals surface area contributed by atoms with E-state index in [2.05, 4.69) is 0 Å². The average molecular weight is 482 g/mol. The molecule has 1 aliphatic heterocycles. The number of benzene rings is 4. The van der Waals surface area contributed by atoms with Crippen molar-refractivity contribution in [3.63, 3.8) is 0 Å². The molecule has 35 heavy (non-hydrogen) atoms. The topological polar surface area (TPSA) is 63.7 Å². The fourth-order valence-electron chi connectivity index (χ4n) is 4.18. The van der Waals surface area contributed by atoms with Gasteiger partial charge < -0.3 is 4.74 Å². The van der Waals surface area contributed by atoms with Gasteiger partial charge in [0.05, 0.1) is 22.4 Å². The summed E-state index contributed by atoms with van der Waals surface area (Å²) >= 11 is 6.20. The predicted octanol–water partition coefficient (Wildman–Crippen LogP) is 6.40. The molecule has 0 spiro atoms. The minimum Gasteiger partial charge on any atom is -0.449 e. The van der Waals surface area contributed by atoms with Gasteiger partial charge in [-0.25, -0.2) is 9.69 Å². The Morgan fingerprint density at radius 2 is 1.37 bits per heavy atom.